The van der Waals surface area contributed by atoms with Crippen molar-refractivity contribution in [3.05, 3.63) is 63.1 Å². The second kappa shape index (κ2) is 11.9. The lowest BCUT2D eigenvalue weighted by atomic mass is 9.87. The fourth-order valence-electron chi connectivity index (χ4n) is 3.17. The Kier molecular flexibility index (Phi) is 9.80. The number of nitrogens with zero attached hydrogens (tertiary/aromatic N) is 1. The molecule has 0 fully saturated rings. The van der Waals surface area contributed by atoms with E-state index < -0.39 is 6.04 Å². The average molecular weight is 538 g/mol. The van der Waals surface area contributed by atoms with Crippen molar-refractivity contribution in [2.75, 3.05) is 6.61 Å². The summed E-state index contributed by atoms with van der Waals surface area (Å²) in [5, 5.41) is 3.50. The Hall–Kier alpha value is -2.05. The summed E-state index contributed by atoms with van der Waals surface area (Å²) in [6.07, 6.45) is 0.804. The lowest BCUT2D eigenvalue weighted by Gasteiger charge is -2.30. The summed E-state index contributed by atoms with van der Waals surface area (Å²) in [7, 11) is 0. The fraction of sp³-hybridized carbons (Fsp3) is 0.462. The molecule has 0 saturated heterocycles. The van der Waals surface area contributed by atoms with Crippen molar-refractivity contribution >= 4 is 39.3 Å². The summed E-state index contributed by atoms with van der Waals surface area (Å²) in [4.78, 5) is 27.6. The summed E-state index contributed by atoms with van der Waals surface area (Å²) in [5.74, 6) is 0.0692. The first-order chi connectivity index (χ1) is 15.4. The smallest absolute Gasteiger partial charge is 0.261 e. The van der Waals surface area contributed by atoms with E-state index in [4.69, 9.17) is 16.3 Å². The molecule has 0 heterocycles. The normalized spacial score (nSPS) is 13.2. The Morgan fingerprint density at radius 2 is 1.82 bits per heavy atom. The number of amides is 2. The van der Waals surface area contributed by atoms with Gasteiger partial charge < -0.3 is 15.0 Å². The van der Waals surface area contributed by atoms with Crippen LogP contribution in [0.3, 0.4) is 0 Å². The van der Waals surface area contributed by atoms with E-state index >= 15 is 0 Å². The van der Waals surface area contributed by atoms with Gasteiger partial charge in [0.05, 0.1) is 4.47 Å². The first kappa shape index (κ1) is 27.2. The van der Waals surface area contributed by atoms with E-state index in [1.807, 2.05) is 50.2 Å². The summed E-state index contributed by atoms with van der Waals surface area (Å²) >= 11 is 9.88. The van der Waals surface area contributed by atoms with Gasteiger partial charge in [0, 0.05) is 17.6 Å². The van der Waals surface area contributed by atoms with E-state index in [9.17, 15) is 9.59 Å². The Bertz CT molecular complexity index is 974. The highest BCUT2D eigenvalue weighted by molar-refractivity contribution is 9.10. The van der Waals surface area contributed by atoms with Crippen LogP contribution in [-0.2, 0) is 21.5 Å². The molecule has 0 spiro atoms. The quantitative estimate of drug-likeness (QED) is 0.420. The molecular weight excluding hydrogens is 504 g/mol. The van der Waals surface area contributed by atoms with Gasteiger partial charge in [0.2, 0.25) is 5.91 Å². The molecule has 0 unspecified atom stereocenters. The van der Waals surface area contributed by atoms with Crippen molar-refractivity contribution in [3.8, 4) is 5.75 Å². The molecule has 0 radical (unpaired) electrons. The van der Waals surface area contributed by atoms with Gasteiger partial charge in [-0.2, -0.15) is 0 Å². The number of hydrogen-bond acceptors (Lipinski definition) is 3. The van der Waals surface area contributed by atoms with Crippen LogP contribution in [0.25, 0.3) is 0 Å². The van der Waals surface area contributed by atoms with Gasteiger partial charge in [-0.1, -0.05) is 63.6 Å². The molecule has 0 aliphatic heterocycles. The summed E-state index contributed by atoms with van der Waals surface area (Å²) in [6.45, 7) is 12.1. The minimum absolute atomic E-state index is 0.00103. The highest BCUT2D eigenvalue weighted by Gasteiger charge is 2.28. The molecule has 0 aromatic heterocycles. The van der Waals surface area contributed by atoms with Crippen molar-refractivity contribution in [1.29, 1.82) is 0 Å². The molecule has 2 rings (SSSR count). The first-order valence-electron chi connectivity index (χ1n) is 11.2. The van der Waals surface area contributed by atoms with E-state index in [1.54, 1.807) is 13.0 Å². The number of benzene rings is 2. The zero-order chi connectivity index (χ0) is 24.8. The molecule has 33 heavy (non-hydrogen) atoms. The van der Waals surface area contributed by atoms with Crippen LogP contribution >= 0.6 is 27.5 Å². The topological polar surface area (TPSA) is 58.6 Å². The van der Waals surface area contributed by atoms with Crippen molar-refractivity contribution in [2.45, 2.75) is 72.0 Å². The highest BCUT2D eigenvalue weighted by Crippen LogP contribution is 2.31. The van der Waals surface area contributed by atoms with E-state index in [0.29, 0.717) is 10.8 Å². The van der Waals surface area contributed by atoms with Crippen LogP contribution in [0.5, 0.6) is 5.75 Å². The molecule has 180 valence electrons. The minimum atomic E-state index is -0.682. The summed E-state index contributed by atoms with van der Waals surface area (Å²) < 4.78 is 6.63. The van der Waals surface area contributed by atoms with Crippen LogP contribution in [0.15, 0.2) is 46.9 Å². The monoisotopic (exact) mass is 536 g/mol. The molecule has 2 aromatic carbocycles. The van der Waals surface area contributed by atoms with Gasteiger partial charge in [0.15, 0.2) is 6.61 Å². The molecular formula is C26H34BrClN2O3. The highest BCUT2D eigenvalue weighted by atomic mass is 79.9. The van der Waals surface area contributed by atoms with Crippen molar-refractivity contribution in [1.82, 2.24) is 10.2 Å². The third-order valence-corrected chi connectivity index (χ3v) is 6.60. The van der Waals surface area contributed by atoms with Gasteiger partial charge in [-0.05, 0) is 70.9 Å². The van der Waals surface area contributed by atoms with Gasteiger partial charge in [-0.25, -0.2) is 0 Å². The van der Waals surface area contributed by atoms with Crippen LogP contribution in [0, 0.1) is 0 Å². The third kappa shape index (κ3) is 7.75. The van der Waals surface area contributed by atoms with Crippen LogP contribution in [0.1, 0.15) is 59.1 Å². The second-order valence-electron chi connectivity index (χ2n) is 9.29. The van der Waals surface area contributed by atoms with E-state index in [-0.39, 0.29) is 36.4 Å². The zero-order valence-corrected chi connectivity index (χ0v) is 22.6. The molecule has 7 heteroatoms. The number of ether oxygens (including phenoxy) is 1. The van der Waals surface area contributed by atoms with Gasteiger partial charge in [-0.15, -0.1) is 0 Å². The Balaban J connectivity index is 2.20. The molecule has 0 saturated carbocycles. The molecule has 2 amide bonds. The molecule has 0 aliphatic carbocycles. The molecule has 5 nitrogen and oxygen atoms in total. The number of nitrogens with one attached hydrogen (secondary N) is 1. The van der Waals surface area contributed by atoms with Gasteiger partial charge in [0.25, 0.3) is 5.91 Å². The number of hydrogen-bond donors (Lipinski definition) is 1. The lowest BCUT2D eigenvalue weighted by Crippen LogP contribution is -2.50. The van der Waals surface area contributed by atoms with Crippen molar-refractivity contribution < 1.29 is 14.3 Å². The van der Waals surface area contributed by atoms with Crippen molar-refractivity contribution in [3.63, 3.8) is 0 Å². The second-order valence-corrected chi connectivity index (χ2v) is 10.6. The maximum Gasteiger partial charge on any atom is 0.261 e. The summed E-state index contributed by atoms with van der Waals surface area (Å²) in [6, 6.07) is 12.5. The molecule has 0 bridgehead atoms. The van der Waals surface area contributed by atoms with Gasteiger partial charge >= 0.3 is 0 Å². The van der Waals surface area contributed by atoms with Gasteiger partial charge in [0.1, 0.15) is 11.8 Å². The predicted octanol–water partition coefficient (Wildman–Crippen LogP) is 6.11. The first-order valence-corrected chi connectivity index (χ1v) is 12.4. The van der Waals surface area contributed by atoms with Crippen LogP contribution in [-0.4, -0.2) is 35.4 Å². The Morgan fingerprint density at radius 3 is 2.39 bits per heavy atom. The predicted molar refractivity (Wildman–Crippen MR) is 138 cm³/mol. The SMILES string of the molecule is CC[C@@H](C)NC(=O)[C@@H](C)N(Cc1ccccc1Cl)C(=O)COc1ccc(C(C)(C)C)cc1Br. The number of carbonyl (C=O) groups is 2. The van der Waals surface area contributed by atoms with E-state index in [0.717, 1.165) is 22.0 Å². The van der Waals surface area contributed by atoms with Crippen LogP contribution in [0.2, 0.25) is 5.02 Å². The molecule has 0 aliphatic rings. The van der Waals surface area contributed by atoms with Crippen molar-refractivity contribution in [2.24, 2.45) is 0 Å². The van der Waals surface area contributed by atoms with Crippen LogP contribution < -0.4 is 10.1 Å². The zero-order valence-electron chi connectivity index (χ0n) is 20.2. The molecule has 2 atom stereocenters. The third-order valence-electron chi connectivity index (χ3n) is 5.62. The van der Waals surface area contributed by atoms with Gasteiger partial charge in [-0.3, -0.25) is 9.59 Å². The minimum Gasteiger partial charge on any atom is -0.483 e. The van der Waals surface area contributed by atoms with E-state index in [1.165, 1.54) is 4.90 Å². The standard InChI is InChI=1S/C26H34BrClN2O3/c1-7-17(2)29-25(32)18(3)30(15-19-10-8-9-11-22(19)28)24(31)16-33-23-13-12-20(14-21(23)27)26(4,5)6/h8-14,17-18H,7,15-16H2,1-6H3,(H,29,32)/t17-,18-/m1/s1. The number of rotatable bonds is 9. The maximum atomic E-state index is 13.2. The Labute approximate surface area is 211 Å². The summed E-state index contributed by atoms with van der Waals surface area (Å²) in [5.41, 5.74) is 1.93. The Morgan fingerprint density at radius 1 is 1.15 bits per heavy atom. The fourth-order valence-corrected chi connectivity index (χ4v) is 3.85. The average Bonchev–Trinajstić information content (AvgIpc) is 2.76. The lowest BCUT2D eigenvalue weighted by molar-refractivity contribution is -0.142. The number of halogens is 2. The largest absolute Gasteiger partial charge is 0.483 e. The van der Waals surface area contributed by atoms with Crippen LogP contribution in [0.4, 0.5) is 0 Å². The number of carbonyl (C=O) groups excluding carboxylic acids is 2. The molecule has 1 N–H and O–H groups in total. The van der Waals surface area contributed by atoms with E-state index in [2.05, 4.69) is 42.0 Å². The molecule has 2 aromatic rings. The maximum absolute atomic E-state index is 13.2.